The van der Waals surface area contributed by atoms with Gasteiger partial charge in [0.2, 0.25) is 0 Å². The lowest BCUT2D eigenvalue weighted by Gasteiger charge is -2.26. The van der Waals surface area contributed by atoms with Gasteiger partial charge in [0, 0.05) is 5.69 Å². The van der Waals surface area contributed by atoms with Gasteiger partial charge in [-0.15, -0.1) is 0 Å². The van der Waals surface area contributed by atoms with Crippen molar-refractivity contribution in [1.82, 2.24) is 0 Å². The quantitative estimate of drug-likeness (QED) is 0.263. The van der Waals surface area contributed by atoms with E-state index in [4.69, 9.17) is 9.47 Å². The first-order chi connectivity index (χ1) is 17.2. The van der Waals surface area contributed by atoms with Crippen LogP contribution in [0, 0.1) is 0 Å². The van der Waals surface area contributed by atoms with Gasteiger partial charge in [-0.3, -0.25) is 14.5 Å². The van der Waals surface area contributed by atoms with Crippen LogP contribution in [-0.2, 0) is 15.0 Å². The Kier molecular flexibility index (Phi) is 6.88. The Bertz CT molecular complexity index is 1300. The van der Waals surface area contributed by atoms with Gasteiger partial charge in [-0.1, -0.05) is 57.2 Å². The highest BCUT2D eigenvalue weighted by atomic mass is 16.5. The van der Waals surface area contributed by atoms with Crippen LogP contribution in [0.3, 0.4) is 0 Å². The first kappa shape index (κ1) is 25.0. The average molecular weight is 486 g/mol. The summed E-state index contributed by atoms with van der Waals surface area (Å²) in [5, 5.41) is 11.6. The Balaban J connectivity index is 1.93. The van der Waals surface area contributed by atoms with E-state index in [9.17, 15) is 14.7 Å². The first-order valence-corrected chi connectivity index (χ1v) is 11.9. The average Bonchev–Trinajstić information content (AvgIpc) is 3.14. The molecular weight excluding hydrogens is 454 g/mol. The molecule has 1 amide bonds. The molecule has 1 fully saturated rings. The minimum atomic E-state index is -0.813. The molecular formula is C30H31NO5. The molecule has 6 heteroatoms. The van der Waals surface area contributed by atoms with E-state index in [2.05, 4.69) is 20.8 Å². The Morgan fingerprint density at radius 1 is 0.972 bits per heavy atom. The van der Waals surface area contributed by atoms with Crippen LogP contribution < -0.4 is 14.4 Å². The van der Waals surface area contributed by atoms with Crippen molar-refractivity contribution in [3.05, 3.63) is 95.1 Å². The maximum Gasteiger partial charge on any atom is 0.300 e. The van der Waals surface area contributed by atoms with E-state index in [-0.39, 0.29) is 16.7 Å². The number of anilines is 1. The van der Waals surface area contributed by atoms with Crippen LogP contribution in [0.15, 0.2) is 78.4 Å². The Hall–Kier alpha value is -4.06. The summed E-state index contributed by atoms with van der Waals surface area (Å²) >= 11 is 0. The van der Waals surface area contributed by atoms with Crippen LogP contribution in [-0.4, -0.2) is 30.5 Å². The molecule has 0 bridgehead atoms. The Labute approximate surface area is 211 Å². The number of carbonyl (C=O) groups is 2. The highest BCUT2D eigenvalue weighted by Crippen LogP contribution is 2.44. The zero-order valence-corrected chi connectivity index (χ0v) is 21.2. The monoisotopic (exact) mass is 485 g/mol. The molecule has 1 unspecified atom stereocenters. The third-order valence-electron chi connectivity index (χ3n) is 6.31. The Morgan fingerprint density at radius 3 is 2.22 bits per heavy atom. The summed E-state index contributed by atoms with van der Waals surface area (Å²) < 4.78 is 11.1. The van der Waals surface area contributed by atoms with E-state index in [1.807, 2.05) is 49.4 Å². The minimum absolute atomic E-state index is 0.0180. The molecule has 0 saturated carbocycles. The number of nitrogens with zero attached hydrogens (tertiary/aromatic N) is 1. The van der Waals surface area contributed by atoms with Crippen molar-refractivity contribution in [2.24, 2.45) is 0 Å². The van der Waals surface area contributed by atoms with E-state index in [1.54, 1.807) is 30.3 Å². The van der Waals surface area contributed by atoms with Gasteiger partial charge >= 0.3 is 0 Å². The highest BCUT2D eigenvalue weighted by molar-refractivity contribution is 6.51. The molecule has 3 aromatic rings. The lowest BCUT2D eigenvalue weighted by molar-refractivity contribution is -0.132. The topological polar surface area (TPSA) is 76.1 Å². The number of hydrogen-bond donors (Lipinski definition) is 1. The molecule has 0 aliphatic carbocycles. The second kappa shape index (κ2) is 9.90. The van der Waals surface area contributed by atoms with E-state index < -0.39 is 17.7 Å². The first-order valence-electron chi connectivity index (χ1n) is 11.9. The van der Waals surface area contributed by atoms with Gasteiger partial charge in [0.15, 0.2) is 0 Å². The predicted molar refractivity (Wildman–Crippen MR) is 141 cm³/mol. The number of methoxy groups -OCH3 is 1. The summed E-state index contributed by atoms with van der Waals surface area (Å²) in [6.07, 6.45) is 0. The van der Waals surface area contributed by atoms with Crippen molar-refractivity contribution < 1.29 is 24.2 Å². The molecule has 0 radical (unpaired) electrons. The molecule has 1 atom stereocenters. The zero-order valence-electron chi connectivity index (χ0n) is 21.2. The number of carbonyl (C=O) groups excluding carboxylic acids is 2. The van der Waals surface area contributed by atoms with Crippen LogP contribution in [0.1, 0.15) is 50.4 Å². The zero-order chi connectivity index (χ0) is 26.0. The number of aliphatic hydroxyl groups is 1. The molecule has 0 spiro atoms. The molecule has 186 valence electrons. The van der Waals surface area contributed by atoms with Gasteiger partial charge < -0.3 is 14.6 Å². The standard InChI is InChI=1S/C30H31NO5/c1-6-36-22-15-13-21(14-16-22)31-26(19-10-8-7-9-11-19)25(28(33)29(31)34)27(32)23-18-20(30(2,3)4)12-17-24(23)35-5/h7-18,26,32H,6H2,1-5H3/b27-25+. The molecule has 1 heterocycles. The lowest BCUT2D eigenvalue weighted by Crippen LogP contribution is -2.29. The molecule has 4 rings (SSSR count). The van der Waals surface area contributed by atoms with Gasteiger partial charge in [-0.2, -0.15) is 0 Å². The van der Waals surface area contributed by atoms with Crippen molar-refractivity contribution >= 4 is 23.1 Å². The van der Waals surface area contributed by atoms with Gasteiger partial charge in [-0.25, -0.2) is 0 Å². The predicted octanol–water partition coefficient (Wildman–Crippen LogP) is 6.02. The van der Waals surface area contributed by atoms with Crippen molar-refractivity contribution in [3.8, 4) is 11.5 Å². The van der Waals surface area contributed by atoms with E-state index in [0.29, 0.717) is 34.9 Å². The van der Waals surface area contributed by atoms with Crippen LogP contribution in [0.5, 0.6) is 11.5 Å². The summed E-state index contributed by atoms with van der Waals surface area (Å²) in [6, 6.07) is 20.9. The van der Waals surface area contributed by atoms with Crippen LogP contribution in [0.2, 0.25) is 0 Å². The number of ether oxygens (including phenoxy) is 2. The van der Waals surface area contributed by atoms with E-state index >= 15 is 0 Å². The van der Waals surface area contributed by atoms with Crippen LogP contribution in [0.25, 0.3) is 5.76 Å². The normalized spacial score (nSPS) is 17.4. The molecule has 36 heavy (non-hydrogen) atoms. The fourth-order valence-electron chi connectivity index (χ4n) is 4.42. The van der Waals surface area contributed by atoms with Gasteiger partial charge in [-0.05, 0) is 59.9 Å². The van der Waals surface area contributed by atoms with Gasteiger partial charge in [0.05, 0.1) is 30.9 Å². The summed E-state index contributed by atoms with van der Waals surface area (Å²) in [5.41, 5.74) is 2.39. The van der Waals surface area contributed by atoms with Crippen molar-refractivity contribution in [1.29, 1.82) is 0 Å². The molecule has 1 aliphatic heterocycles. The maximum atomic E-state index is 13.5. The fraction of sp³-hybridized carbons (Fsp3) is 0.267. The number of Topliss-reactive ketones (excluding diaryl/α,β-unsaturated/α-hetero) is 1. The third-order valence-corrected chi connectivity index (χ3v) is 6.31. The smallest absolute Gasteiger partial charge is 0.300 e. The molecule has 1 N–H and O–H groups in total. The molecule has 3 aromatic carbocycles. The van der Waals surface area contributed by atoms with Crippen molar-refractivity contribution in [2.45, 2.75) is 39.2 Å². The van der Waals surface area contributed by atoms with E-state index in [1.165, 1.54) is 12.0 Å². The Morgan fingerprint density at radius 2 is 1.64 bits per heavy atom. The SMILES string of the molecule is CCOc1ccc(N2C(=O)C(=O)/C(=C(/O)c3cc(C(C)(C)C)ccc3OC)C2c2ccccc2)cc1. The number of hydrogen-bond acceptors (Lipinski definition) is 5. The number of aliphatic hydroxyl groups excluding tert-OH is 1. The van der Waals surface area contributed by atoms with Crippen LogP contribution >= 0.6 is 0 Å². The molecule has 1 aliphatic rings. The molecule has 1 saturated heterocycles. The van der Waals surface area contributed by atoms with E-state index in [0.717, 1.165) is 5.56 Å². The summed E-state index contributed by atoms with van der Waals surface area (Å²) in [7, 11) is 1.51. The maximum absolute atomic E-state index is 13.5. The second-order valence-electron chi connectivity index (χ2n) is 9.67. The van der Waals surface area contributed by atoms with Gasteiger partial charge in [0.25, 0.3) is 11.7 Å². The third kappa shape index (κ3) is 4.59. The summed E-state index contributed by atoms with van der Waals surface area (Å²) in [4.78, 5) is 28.3. The molecule has 0 aromatic heterocycles. The minimum Gasteiger partial charge on any atom is -0.507 e. The number of benzene rings is 3. The van der Waals surface area contributed by atoms with Gasteiger partial charge in [0.1, 0.15) is 17.3 Å². The van der Waals surface area contributed by atoms with Crippen molar-refractivity contribution in [3.63, 3.8) is 0 Å². The number of rotatable bonds is 6. The lowest BCUT2D eigenvalue weighted by atomic mass is 9.85. The largest absolute Gasteiger partial charge is 0.507 e. The summed E-state index contributed by atoms with van der Waals surface area (Å²) in [6.45, 7) is 8.60. The van der Waals surface area contributed by atoms with Crippen LogP contribution in [0.4, 0.5) is 5.69 Å². The second-order valence-corrected chi connectivity index (χ2v) is 9.67. The van der Waals surface area contributed by atoms with Crippen molar-refractivity contribution in [2.75, 3.05) is 18.6 Å². The fourth-order valence-corrected chi connectivity index (χ4v) is 4.42. The number of ketones is 1. The molecule has 6 nitrogen and oxygen atoms in total. The summed E-state index contributed by atoms with van der Waals surface area (Å²) in [5.74, 6) is -0.644. The number of amides is 1. The highest BCUT2D eigenvalue weighted by Gasteiger charge is 2.47.